The third-order valence-corrected chi connectivity index (χ3v) is 6.97. The van der Waals surface area contributed by atoms with Crippen molar-refractivity contribution < 1.29 is 8.42 Å². The van der Waals surface area contributed by atoms with Crippen LogP contribution in [-0.4, -0.2) is 26.0 Å². The lowest BCUT2D eigenvalue weighted by atomic mass is 10.1. The first-order valence-corrected chi connectivity index (χ1v) is 9.33. The summed E-state index contributed by atoms with van der Waals surface area (Å²) in [6, 6.07) is 1.83. The van der Waals surface area contributed by atoms with Crippen LogP contribution in [0.4, 0.5) is 5.69 Å². The van der Waals surface area contributed by atoms with Gasteiger partial charge in [0.15, 0.2) is 0 Å². The molecule has 1 unspecified atom stereocenters. The summed E-state index contributed by atoms with van der Waals surface area (Å²) in [5.41, 5.74) is 8.77. The van der Waals surface area contributed by atoms with Crippen molar-refractivity contribution in [1.29, 1.82) is 0 Å². The molecule has 1 saturated heterocycles. The van der Waals surface area contributed by atoms with E-state index in [1.54, 1.807) is 6.92 Å². The lowest BCUT2D eigenvalue weighted by molar-refractivity contribution is 0.577. The molecule has 1 aromatic rings. The molecule has 2 rings (SSSR count). The molecule has 1 aliphatic rings. The van der Waals surface area contributed by atoms with Crippen LogP contribution in [0.25, 0.3) is 0 Å². The maximum atomic E-state index is 12.6. The minimum Gasteiger partial charge on any atom is -0.398 e. The number of anilines is 1. The molecule has 1 aliphatic heterocycles. The molecule has 0 bridgehead atoms. The maximum Gasteiger partial charge on any atom is 0.241 e. The summed E-state index contributed by atoms with van der Waals surface area (Å²) < 4.78 is 27.9. The molecular weight excluding hydrogens is 292 g/mol. The van der Waals surface area contributed by atoms with Gasteiger partial charge in [-0.05, 0) is 62.1 Å². The Labute approximate surface area is 125 Å². The summed E-state index contributed by atoms with van der Waals surface area (Å²) in [7, 11) is -3.50. The Hall–Kier alpha value is -0.720. The predicted molar refractivity (Wildman–Crippen MR) is 85.7 cm³/mol. The Kier molecular flexibility index (Phi) is 4.66. The highest BCUT2D eigenvalue weighted by atomic mass is 32.2. The lowest BCUT2D eigenvalue weighted by Gasteiger charge is -2.17. The van der Waals surface area contributed by atoms with Crippen molar-refractivity contribution in [3.8, 4) is 0 Å². The monoisotopic (exact) mass is 314 g/mol. The lowest BCUT2D eigenvalue weighted by Crippen LogP contribution is -2.31. The molecular formula is C14H22N2O2S2. The number of thioether (sulfide) groups is 1. The largest absolute Gasteiger partial charge is 0.398 e. The molecule has 0 saturated carbocycles. The fraction of sp³-hybridized carbons (Fsp3) is 0.571. The van der Waals surface area contributed by atoms with Crippen molar-refractivity contribution in [3.05, 3.63) is 22.8 Å². The first-order valence-electron chi connectivity index (χ1n) is 6.80. The number of nitrogens with two attached hydrogens (primary N) is 1. The van der Waals surface area contributed by atoms with E-state index in [1.807, 2.05) is 31.7 Å². The van der Waals surface area contributed by atoms with Gasteiger partial charge in [-0.3, -0.25) is 0 Å². The number of sulfonamides is 1. The fourth-order valence-corrected chi connectivity index (χ4v) is 5.48. The summed E-state index contributed by atoms with van der Waals surface area (Å²) in [5, 5.41) is 0.396. The van der Waals surface area contributed by atoms with Crippen molar-refractivity contribution >= 4 is 27.5 Å². The topological polar surface area (TPSA) is 72.2 Å². The minimum absolute atomic E-state index is 0.345. The van der Waals surface area contributed by atoms with Crippen LogP contribution in [0.2, 0.25) is 0 Å². The van der Waals surface area contributed by atoms with E-state index < -0.39 is 10.0 Å². The Morgan fingerprint density at radius 2 is 2.05 bits per heavy atom. The third kappa shape index (κ3) is 3.13. The molecule has 0 amide bonds. The zero-order valence-electron chi connectivity index (χ0n) is 12.2. The smallest absolute Gasteiger partial charge is 0.241 e. The second-order valence-corrected chi connectivity index (χ2v) is 8.46. The van der Waals surface area contributed by atoms with E-state index in [9.17, 15) is 8.42 Å². The molecule has 3 N–H and O–H groups in total. The Bertz CT molecular complexity index is 580. The van der Waals surface area contributed by atoms with Crippen LogP contribution in [0.5, 0.6) is 0 Å². The second-order valence-electron chi connectivity index (χ2n) is 5.35. The Morgan fingerprint density at radius 3 is 2.65 bits per heavy atom. The van der Waals surface area contributed by atoms with Gasteiger partial charge in [-0.25, -0.2) is 13.1 Å². The summed E-state index contributed by atoms with van der Waals surface area (Å²) in [6.45, 7) is 5.98. The van der Waals surface area contributed by atoms with E-state index >= 15 is 0 Å². The molecule has 0 aliphatic carbocycles. The SMILES string of the molecule is Cc1cc(N)c(C)c(S(=O)(=O)NCC2CCCS2)c1C. The molecule has 1 fully saturated rings. The highest BCUT2D eigenvalue weighted by molar-refractivity contribution is 8.00. The van der Waals surface area contributed by atoms with Gasteiger partial charge in [0.2, 0.25) is 10.0 Å². The van der Waals surface area contributed by atoms with Crippen molar-refractivity contribution in [2.45, 2.75) is 43.8 Å². The van der Waals surface area contributed by atoms with Crippen LogP contribution < -0.4 is 10.5 Å². The molecule has 0 aromatic heterocycles. The summed E-state index contributed by atoms with van der Waals surface area (Å²) >= 11 is 1.84. The van der Waals surface area contributed by atoms with Crippen LogP contribution in [-0.2, 0) is 10.0 Å². The van der Waals surface area contributed by atoms with Crippen LogP contribution in [0.15, 0.2) is 11.0 Å². The van der Waals surface area contributed by atoms with Gasteiger partial charge < -0.3 is 5.73 Å². The molecule has 112 valence electrons. The maximum absolute atomic E-state index is 12.6. The van der Waals surface area contributed by atoms with E-state index in [1.165, 1.54) is 6.42 Å². The summed E-state index contributed by atoms with van der Waals surface area (Å²) in [4.78, 5) is 0.345. The van der Waals surface area contributed by atoms with Gasteiger partial charge >= 0.3 is 0 Å². The highest BCUT2D eigenvalue weighted by Crippen LogP contribution is 2.29. The van der Waals surface area contributed by atoms with Crippen molar-refractivity contribution in [1.82, 2.24) is 4.72 Å². The predicted octanol–water partition coefficient (Wildman–Crippen LogP) is 2.37. The zero-order chi connectivity index (χ0) is 14.9. The summed E-state index contributed by atoms with van der Waals surface area (Å²) in [6.07, 6.45) is 2.26. The third-order valence-electron chi connectivity index (χ3n) is 3.87. The van der Waals surface area contributed by atoms with Crippen LogP contribution in [0.3, 0.4) is 0 Å². The average Bonchev–Trinajstić information content (AvgIpc) is 2.87. The van der Waals surface area contributed by atoms with Crippen LogP contribution in [0.1, 0.15) is 29.5 Å². The quantitative estimate of drug-likeness (QED) is 0.837. The number of aryl methyl sites for hydroxylation is 1. The Balaban J connectivity index is 2.29. The number of nitrogens with one attached hydrogen (secondary N) is 1. The van der Waals surface area contributed by atoms with E-state index in [-0.39, 0.29) is 0 Å². The molecule has 1 aromatic carbocycles. The van der Waals surface area contributed by atoms with E-state index in [0.29, 0.717) is 27.9 Å². The molecule has 20 heavy (non-hydrogen) atoms. The van der Waals surface area contributed by atoms with Gasteiger partial charge in [-0.2, -0.15) is 11.8 Å². The minimum atomic E-state index is -3.50. The van der Waals surface area contributed by atoms with Crippen LogP contribution in [0, 0.1) is 20.8 Å². The number of nitrogen functional groups attached to an aromatic ring is 1. The van der Waals surface area contributed by atoms with Gasteiger partial charge in [0.05, 0.1) is 4.90 Å². The van der Waals surface area contributed by atoms with Gasteiger partial charge in [-0.1, -0.05) is 0 Å². The van der Waals surface area contributed by atoms with Gasteiger partial charge in [0, 0.05) is 17.5 Å². The molecule has 1 heterocycles. The number of benzene rings is 1. The summed E-state index contributed by atoms with van der Waals surface area (Å²) in [5.74, 6) is 1.13. The Morgan fingerprint density at radius 1 is 1.35 bits per heavy atom. The second kappa shape index (κ2) is 5.95. The number of hydrogen-bond acceptors (Lipinski definition) is 4. The van der Waals surface area contributed by atoms with Crippen LogP contribution >= 0.6 is 11.8 Å². The van der Waals surface area contributed by atoms with Gasteiger partial charge in [-0.15, -0.1) is 0 Å². The average molecular weight is 314 g/mol. The first-order chi connectivity index (χ1) is 9.33. The van der Waals surface area contributed by atoms with Crippen molar-refractivity contribution in [2.24, 2.45) is 0 Å². The van der Waals surface area contributed by atoms with E-state index in [4.69, 9.17) is 5.73 Å². The van der Waals surface area contributed by atoms with Gasteiger partial charge in [0.1, 0.15) is 0 Å². The van der Waals surface area contributed by atoms with E-state index in [0.717, 1.165) is 23.3 Å². The molecule has 0 radical (unpaired) electrons. The fourth-order valence-electron chi connectivity index (χ4n) is 2.52. The zero-order valence-corrected chi connectivity index (χ0v) is 13.8. The highest BCUT2D eigenvalue weighted by Gasteiger charge is 2.24. The number of rotatable bonds is 4. The normalized spacial score (nSPS) is 19.4. The van der Waals surface area contributed by atoms with E-state index in [2.05, 4.69) is 4.72 Å². The first kappa shape index (κ1) is 15.7. The van der Waals surface area contributed by atoms with Crippen molar-refractivity contribution in [3.63, 3.8) is 0 Å². The number of hydrogen-bond donors (Lipinski definition) is 2. The molecule has 4 nitrogen and oxygen atoms in total. The van der Waals surface area contributed by atoms with Gasteiger partial charge in [0.25, 0.3) is 0 Å². The molecule has 1 atom stereocenters. The van der Waals surface area contributed by atoms with Crippen molar-refractivity contribution in [2.75, 3.05) is 18.0 Å². The standard InChI is InChI=1S/C14H22N2O2S2/c1-9-7-13(15)11(3)14(10(9)2)20(17,18)16-8-12-5-4-6-19-12/h7,12,16H,4-6,8,15H2,1-3H3. The molecule has 0 spiro atoms. The molecule has 6 heteroatoms.